The van der Waals surface area contributed by atoms with E-state index in [4.69, 9.17) is 9.47 Å². The van der Waals surface area contributed by atoms with E-state index in [-0.39, 0.29) is 12.4 Å². The second-order valence-electron chi connectivity index (χ2n) is 4.11. The van der Waals surface area contributed by atoms with Gasteiger partial charge in [-0.15, -0.1) is 0 Å². The second-order valence-corrected chi connectivity index (χ2v) is 4.11. The minimum absolute atomic E-state index is 0.270. The summed E-state index contributed by atoms with van der Waals surface area (Å²) in [5.41, 5.74) is 0.463. The molecule has 0 amide bonds. The molecule has 1 fully saturated rings. The summed E-state index contributed by atoms with van der Waals surface area (Å²) in [7, 11) is 3.01. The Balaban J connectivity index is 2.52. The number of hydrogen-bond acceptors (Lipinski definition) is 3. The van der Waals surface area contributed by atoms with E-state index in [9.17, 15) is 9.50 Å². The molecule has 4 heteroatoms. The van der Waals surface area contributed by atoms with E-state index in [0.29, 0.717) is 29.7 Å². The van der Waals surface area contributed by atoms with Crippen LogP contribution in [0.5, 0.6) is 5.75 Å². The van der Waals surface area contributed by atoms with Crippen molar-refractivity contribution in [2.75, 3.05) is 14.2 Å². The molecule has 0 saturated heterocycles. The summed E-state index contributed by atoms with van der Waals surface area (Å²) in [4.78, 5) is 0. The summed E-state index contributed by atoms with van der Waals surface area (Å²) in [5.74, 6) is 0.0175. The molecule has 88 valence electrons. The SMILES string of the molecule is COCc1cc(F)cc(OC)c1C1(O)CC1. The van der Waals surface area contributed by atoms with Crippen LogP contribution in [0.25, 0.3) is 0 Å². The number of rotatable bonds is 4. The molecule has 0 radical (unpaired) electrons. The van der Waals surface area contributed by atoms with E-state index in [1.165, 1.54) is 26.4 Å². The lowest BCUT2D eigenvalue weighted by Crippen LogP contribution is -2.12. The minimum Gasteiger partial charge on any atom is -0.496 e. The zero-order chi connectivity index (χ0) is 11.8. The summed E-state index contributed by atoms with van der Waals surface area (Å²) < 4.78 is 23.4. The minimum atomic E-state index is -0.854. The van der Waals surface area contributed by atoms with Gasteiger partial charge in [0.25, 0.3) is 0 Å². The molecule has 0 bridgehead atoms. The molecular formula is C12H15FO3. The van der Waals surface area contributed by atoms with Crippen molar-refractivity contribution in [3.05, 3.63) is 29.1 Å². The molecule has 1 aromatic rings. The van der Waals surface area contributed by atoms with E-state index in [0.717, 1.165) is 0 Å². The van der Waals surface area contributed by atoms with Crippen LogP contribution < -0.4 is 4.74 Å². The van der Waals surface area contributed by atoms with Crippen molar-refractivity contribution in [1.29, 1.82) is 0 Å². The monoisotopic (exact) mass is 226 g/mol. The van der Waals surface area contributed by atoms with Crippen molar-refractivity contribution >= 4 is 0 Å². The number of hydrogen-bond donors (Lipinski definition) is 1. The third-order valence-electron chi connectivity index (χ3n) is 2.86. The molecule has 1 aromatic carbocycles. The first kappa shape index (κ1) is 11.4. The topological polar surface area (TPSA) is 38.7 Å². The van der Waals surface area contributed by atoms with Gasteiger partial charge in [-0.25, -0.2) is 4.39 Å². The highest BCUT2D eigenvalue weighted by Crippen LogP contribution is 2.50. The highest BCUT2D eigenvalue weighted by Gasteiger charge is 2.46. The van der Waals surface area contributed by atoms with Crippen molar-refractivity contribution in [2.24, 2.45) is 0 Å². The lowest BCUT2D eigenvalue weighted by molar-refractivity contribution is 0.137. The van der Waals surface area contributed by atoms with Crippen molar-refractivity contribution in [3.63, 3.8) is 0 Å². The fourth-order valence-corrected chi connectivity index (χ4v) is 1.96. The van der Waals surface area contributed by atoms with Gasteiger partial charge in [-0.05, 0) is 24.5 Å². The van der Waals surface area contributed by atoms with Gasteiger partial charge in [0.1, 0.15) is 11.6 Å². The first-order valence-corrected chi connectivity index (χ1v) is 5.19. The number of benzene rings is 1. The van der Waals surface area contributed by atoms with Crippen LogP contribution in [0, 0.1) is 5.82 Å². The Morgan fingerprint density at radius 1 is 1.38 bits per heavy atom. The van der Waals surface area contributed by atoms with Crippen molar-refractivity contribution in [3.8, 4) is 5.75 Å². The van der Waals surface area contributed by atoms with Crippen molar-refractivity contribution in [2.45, 2.75) is 25.0 Å². The molecule has 1 aliphatic rings. The molecular weight excluding hydrogens is 211 g/mol. The Hall–Kier alpha value is -1.13. The van der Waals surface area contributed by atoms with Gasteiger partial charge in [-0.3, -0.25) is 0 Å². The summed E-state index contributed by atoms with van der Waals surface area (Å²) in [6.45, 7) is 0.270. The van der Waals surface area contributed by atoms with E-state index >= 15 is 0 Å². The molecule has 1 aliphatic carbocycles. The third kappa shape index (κ3) is 1.90. The molecule has 0 unspecified atom stereocenters. The van der Waals surface area contributed by atoms with Gasteiger partial charge in [0.05, 0.1) is 19.3 Å². The zero-order valence-electron chi connectivity index (χ0n) is 9.42. The number of halogens is 1. The summed E-state index contributed by atoms with van der Waals surface area (Å²) in [6, 6.07) is 2.68. The molecule has 0 aromatic heterocycles. The van der Waals surface area contributed by atoms with E-state index in [1.807, 2.05) is 0 Å². The van der Waals surface area contributed by atoms with Crippen LogP contribution in [-0.2, 0) is 16.9 Å². The predicted molar refractivity (Wildman–Crippen MR) is 56.8 cm³/mol. The Labute approximate surface area is 93.8 Å². The van der Waals surface area contributed by atoms with Crippen LogP contribution in [0.15, 0.2) is 12.1 Å². The van der Waals surface area contributed by atoms with Crippen LogP contribution in [0.1, 0.15) is 24.0 Å². The largest absolute Gasteiger partial charge is 0.496 e. The van der Waals surface area contributed by atoms with Crippen LogP contribution in [0.4, 0.5) is 4.39 Å². The lowest BCUT2D eigenvalue weighted by Gasteiger charge is -2.18. The first-order valence-electron chi connectivity index (χ1n) is 5.19. The number of methoxy groups -OCH3 is 2. The molecule has 3 nitrogen and oxygen atoms in total. The number of aliphatic hydroxyl groups is 1. The fraction of sp³-hybridized carbons (Fsp3) is 0.500. The fourth-order valence-electron chi connectivity index (χ4n) is 1.96. The second kappa shape index (κ2) is 4.03. The van der Waals surface area contributed by atoms with Crippen LogP contribution >= 0.6 is 0 Å². The predicted octanol–water partition coefficient (Wildman–Crippen LogP) is 1.96. The van der Waals surface area contributed by atoms with Gasteiger partial charge in [0, 0.05) is 18.7 Å². The zero-order valence-corrected chi connectivity index (χ0v) is 9.42. The molecule has 0 aliphatic heterocycles. The molecule has 0 atom stereocenters. The van der Waals surface area contributed by atoms with Crippen molar-refractivity contribution < 1.29 is 19.0 Å². The van der Waals surface area contributed by atoms with E-state index in [2.05, 4.69) is 0 Å². The molecule has 0 heterocycles. The lowest BCUT2D eigenvalue weighted by atomic mass is 9.99. The van der Waals surface area contributed by atoms with Gasteiger partial charge in [-0.1, -0.05) is 0 Å². The standard InChI is InChI=1S/C12H15FO3/c1-15-7-8-5-9(13)6-10(16-2)11(8)12(14)3-4-12/h5-6,14H,3-4,7H2,1-2H3. The summed E-state index contributed by atoms with van der Waals surface area (Å²) in [5, 5.41) is 10.2. The molecule has 1 N–H and O–H groups in total. The van der Waals surface area contributed by atoms with Gasteiger partial charge < -0.3 is 14.6 Å². The van der Waals surface area contributed by atoms with Gasteiger partial charge in [-0.2, -0.15) is 0 Å². The third-order valence-corrected chi connectivity index (χ3v) is 2.86. The van der Waals surface area contributed by atoms with E-state index < -0.39 is 5.60 Å². The average molecular weight is 226 g/mol. The van der Waals surface area contributed by atoms with Gasteiger partial charge >= 0.3 is 0 Å². The molecule has 1 saturated carbocycles. The van der Waals surface area contributed by atoms with Crippen LogP contribution in [-0.4, -0.2) is 19.3 Å². The Morgan fingerprint density at radius 3 is 2.56 bits per heavy atom. The van der Waals surface area contributed by atoms with Crippen LogP contribution in [0.3, 0.4) is 0 Å². The maximum absolute atomic E-state index is 13.3. The highest BCUT2D eigenvalue weighted by atomic mass is 19.1. The maximum atomic E-state index is 13.3. The summed E-state index contributed by atoms with van der Waals surface area (Å²) in [6.07, 6.45) is 1.37. The van der Waals surface area contributed by atoms with E-state index in [1.54, 1.807) is 0 Å². The first-order chi connectivity index (χ1) is 7.60. The van der Waals surface area contributed by atoms with Gasteiger partial charge in [0.2, 0.25) is 0 Å². The summed E-state index contributed by atoms with van der Waals surface area (Å²) >= 11 is 0. The highest BCUT2D eigenvalue weighted by molar-refractivity contribution is 5.47. The Kier molecular flexibility index (Phi) is 2.86. The molecule has 0 spiro atoms. The smallest absolute Gasteiger partial charge is 0.128 e. The quantitative estimate of drug-likeness (QED) is 0.853. The Bertz CT molecular complexity index is 399. The normalized spacial score (nSPS) is 17.2. The average Bonchev–Trinajstić information content (AvgIpc) is 2.96. The van der Waals surface area contributed by atoms with Gasteiger partial charge in [0.15, 0.2) is 0 Å². The Morgan fingerprint density at radius 2 is 2.06 bits per heavy atom. The van der Waals surface area contributed by atoms with Crippen molar-refractivity contribution in [1.82, 2.24) is 0 Å². The maximum Gasteiger partial charge on any atom is 0.128 e. The van der Waals surface area contributed by atoms with Crippen LogP contribution in [0.2, 0.25) is 0 Å². The number of ether oxygens (including phenoxy) is 2. The molecule has 2 rings (SSSR count). The molecule has 16 heavy (non-hydrogen) atoms.